The summed E-state index contributed by atoms with van der Waals surface area (Å²) in [6.45, 7) is 6.73. The van der Waals surface area contributed by atoms with Gasteiger partial charge in [0.1, 0.15) is 13.2 Å². The van der Waals surface area contributed by atoms with E-state index in [9.17, 15) is 14.4 Å². The summed E-state index contributed by atoms with van der Waals surface area (Å²) in [6.07, 6.45) is 84.9. The summed E-state index contributed by atoms with van der Waals surface area (Å²) < 4.78 is 17.0. The highest BCUT2D eigenvalue weighted by molar-refractivity contribution is 5.71. The molecule has 0 saturated carbocycles. The molecule has 0 aromatic carbocycles. The van der Waals surface area contributed by atoms with Crippen LogP contribution in [0, 0.1) is 0 Å². The van der Waals surface area contributed by atoms with Gasteiger partial charge in [-0.25, -0.2) is 0 Å². The zero-order valence-corrected chi connectivity index (χ0v) is 54.4. The van der Waals surface area contributed by atoms with Crippen molar-refractivity contribution in [1.29, 1.82) is 0 Å². The average molecular weight is 1130 g/mol. The maximum Gasteiger partial charge on any atom is 0.306 e. The van der Waals surface area contributed by atoms with Crippen LogP contribution in [-0.4, -0.2) is 37.2 Å². The van der Waals surface area contributed by atoms with Gasteiger partial charge in [-0.1, -0.05) is 347 Å². The first kappa shape index (κ1) is 77.9. The van der Waals surface area contributed by atoms with E-state index in [4.69, 9.17) is 14.2 Å². The van der Waals surface area contributed by atoms with E-state index in [0.717, 1.165) is 57.8 Å². The highest BCUT2D eigenvalue weighted by atomic mass is 16.6. The molecule has 1 atom stereocenters. The number of allylic oxidation sites excluding steroid dienone is 4. The molecule has 0 aliphatic carbocycles. The van der Waals surface area contributed by atoms with Gasteiger partial charge in [-0.3, -0.25) is 14.4 Å². The van der Waals surface area contributed by atoms with E-state index < -0.39 is 6.10 Å². The number of esters is 3. The number of unbranched alkanes of at least 4 members (excludes halogenated alkanes) is 53. The second kappa shape index (κ2) is 69.4. The third-order valence-corrected chi connectivity index (χ3v) is 16.7. The largest absolute Gasteiger partial charge is 0.462 e. The molecule has 0 N–H and O–H groups in total. The van der Waals surface area contributed by atoms with Crippen LogP contribution in [0.4, 0.5) is 0 Å². The molecule has 6 nitrogen and oxygen atoms in total. The molecule has 0 spiro atoms. The second-order valence-corrected chi connectivity index (χ2v) is 24.9. The van der Waals surface area contributed by atoms with E-state index >= 15 is 0 Å². The molecule has 80 heavy (non-hydrogen) atoms. The number of rotatable bonds is 68. The van der Waals surface area contributed by atoms with Crippen LogP contribution < -0.4 is 0 Å². The minimum Gasteiger partial charge on any atom is -0.462 e. The summed E-state index contributed by atoms with van der Waals surface area (Å²) in [5.41, 5.74) is 0. The summed E-state index contributed by atoms with van der Waals surface area (Å²) in [5.74, 6) is -0.834. The van der Waals surface area contributed by atoms with Gasteiger partial charge in [0.2, 0.25) is 0 Å². The van der Waals surface area contributed by atoms with Crippen molar-refractivity contribution < 1.29 is 28.6 Å². The number of carbonyl (C=O) groups excluding carboxylic acids is 3. The van der Waals surface area contributed by atoms with Crippen LogP contribution in [0.5, 0.6) is 0 Å². The van der Waals surface area contributed by atoms with Gasteiger partial charge in [0.15, 0.2) is 6.10 Å². The molecule has 0 aromatic rings. The highest BCUT2D eigenvalue weighted by Crippen LogP contribution is 2.19. The van der Waals surface area contributed by atoms with Crippen LogP contribution >= 0.6 is 0 Å². The fraction of sp³-hybridized carbons (Fsp3) is 0.905. The third kappa shape index (κ3) is 66.7. The molecule has 0 bridgehead atoms. The highest BCUT2D eigenvalue weighted by Gasteiger charge is 2.19. The minimum atomic E-state index is -0.771. The van der Waals surface area contributed by atoms with Crippen LogP contribution in [0.25, 0.3) is 0 Å². The molecule has 0 rings (SSSR count). The normalized spacial score (nSPS) is 12.1. The summed E-state index contributed by atoms with van der Waals surface area (Å²) >= 11 is 0. The van der Waals surface area contributed by atoms with E-state index in [-0.39, 0.29) is 31.1 Å². The first-order valence-corrected chi connectivity index (χ1v) is 36.3. The fourth-order valence-corrected chi connectivity index (χ4v) is 11.2. The molecule has 6 heteroatoms. The standard InChI is InChI=1S/C74H140O6/c1-4-7-10-13-16-19-22-25-28-31-34-36-37-39-40-43-46-49-52-55-58-61-64-67-73(76)79-70-71(69-78-72(75)66-63-60-57-54-51-48-45-42-33-30-27-24-21-18-15-12-9-6-3)80-74(77)68-65-62-59-56-53-50-47-44-41-38-35-32-29-26-23-20-17-14-11-8-5-2/h31-32,34-35,71H,4-30,33,36-70H2,1-3H3/b34-31-,35-32-. The first-order valence-electron chi connectivity index (χ1n) is 36.3. The predicted octanol–water partition coefficient (Wildman–Crippen LogP) is 25.0. The number of ether oxygens (including phenoxy) is 3. The predicted molar refractivity (Wildman–Crippen MR) is 349 cm³/mol. The molecule has 0 saturated heterocycles. The van der Waals surface area contributed by atoms with Crippen molar-refractivity contribution >= 4 is 17.9 Å². The summed E-state index contributed by atoms with van der Waals surface area (Å²) in [4.78, 5) is 38.5. The van der Waals surface area contributed by atoms with Gasteiger partial charge < -0.3 is 14.2 Å². The van der Waals surface area contributed by atoms with Crippen molar-refractivity contribution in [2.45, 2.75) is 419 Å². The molecule has 0 amide bonds. The van der Waals surface area contributed by atoms with Gasteiger partial charge in [-0.05, 0) is 70.6 Å². The van der Waals surface area contributed by atoms with Gasteiger partial charge in [-0.15, -0.1) is 0 Å². The lowest BCUT2D eigenvalue weighted by atomic mass is 10.0. The monoisotopic (exact) mass is 1130 g/mol. The Morgan fingerprint density at radius 2 is 0.412 bits per heavy atom. The van der Waals surface area contributed by atoms with E-state index in [2.05, 4.69) is 45.1 Å². The molecule has 0 radical (unpaired) electrons. The number of carbonyl (C=O) groups is 3. The Kier molecular flexibility index (Phi) is 67.6. The SMILES string of the molecule is CCCCCCCCCC/C=C\CCCCCCCCCCCCCC(=O)OCC(COC(=O)CCCCCCCCCCCCCCCCCCCC)OC(=O)CCCCCCCCCCC/C=C\CCCCCCCCCC. The van der Waals surface area contributed by atoms with Crippen molar-refractivity contribution in [2.75, 3.05) is 13.2 Å². The second-order valence-electron chi connectivity index (χ2n) is 24.9. The average Bonchev–Trinajstić information content (AvgIpc) is 3.46. The molecule has 0 aliphatic heterocycles. The number of hydrogen-bond donors (Lipinski definition) is 0. The Bertz CT molecular complexity index is 1290. The molecular formula is C74H140O6. The summed E-state index contributed by atoms with van der Waals surface area (Å²) in [6, 6.07) is 0. The topological polar surface area (TPSA) is 78.9 Å². The smallest absolute Gasteiger partial charge is 0.306 e. The Morgan fingerprint density at radius 1 is 0.237 bits per heavy atom. The van der Waals surface area contributed by atoms with E-state index in [1.807, 2.05) is 0 Å². The molecular weight excluding hydrogens is 985 g/mol. The maximum absolute atomic E-state index is 13.0. The van der Waals surface area contributed by atoms with Gasteiger partial charge in [0.05, 0.1) is 0 Å². The van der Waals surface area contributed by atoms with Crippen LogP contribution in [0.15, 0.2) is 24.3 Å². The molecule has 472 valence electrons. The van der Waals surface area contributed by atoms with Crippen LogP contribution in [0.1, 0.15) is 412 Å². The van der Waals surface area contributed by atoms with E-state index in [0.29, 0.717) is 19.3 Å². The Morgan fingerprint density at radius 3 is 0.625 bits per heavy atom. The van der Waals surface area contributed by atoms with Crippen LogP contribution in [-0.2, 0) is 28.6 Å². The van der Waals surface area contributed by atoms with Crippen molar-refractivity contribution in [2.24, 2.45) is 0 Å². The van der Waals surface area contributed by atoms with E-state index in [1.54, 1.807) is 0 Å². The van der Waals surface area contributed by atoms with Crippen LogP contribution in [0.2, 0.25) is 0 Å². The van der Waals surface area contributed by atoms with Gasteiger partial charge >= 0.3 is 17.9 Å². The minimum absolute atomic E-state index is 0.0662. The Hall–Kier alpha value is -2.11. The Balaban J connectivity index is 4.30. The lowest BCUT2D eigenvalue weighted by molar-refractivity contribution is -0.167. The van der Waals surface area contributed by atoms with Crippen molar-refractivity contribution in [3.05, 3.63) is 24.3 Å². The molecule has 1 unspecified atom stereocenters. The molecule has 0 aromatic heterocycles. The number of hydrogen-bond acceptors (Lipinski definition) is 6. The summed E-state index contributed by atoms with van der Waals surface area (Å²) in [7, 11) is 0. The zero-order valence-electron chi connectivity index (χ0n) is 54.4. The van der Waals surface area contributed by atoms with Crippen molar-refractivity contribution in [1.82, 2.24) is 0 Å². The summed E-state index contributed by atoms with van der Waals surface area (Å²) in [5, 5.41) is 0. The quantitative estimate of drug-likeness (QED) is 0.0261. The third-order valence-electron chi connectivity index (χ3n) is 16.7. The fourth-order valence-electron chi connectivity index (χ4n) is 11.2. The van der Waals surface area contributed by atoms with Gasteiger partial charge in [-0.2, -0.15) is 0 Å². The lowest BCUT2D eigenvalue weighted by Crippen LogP contribution is -2.30. The first-order chi connectivity index (χ1) is 39.5. The van der Waals surface area contributed by atoms with Crippen LogP contribution in [0.3, 0.4) is 0 Å². The maximum atomic E-state index is 13.0. The van der Waals surface area contributed by atoms with Gasteiger partial charge in [0.25, 0.3) is 0 Å². The van der Waals surface area contributed by atoms with Crippen molar-refractivity contribution in [3.8, 4) is 0 Å². The molecule has 0 heterocycles. The van der Waals surface area contributed by atoms with E-state index in [1.165, 1.54) is 315 Å². The van der Waals surface area contributed by atoms with Crippen molar-refractivity contribution in [3.63, 3.8) is 0 Å². The van der Waals surface area contributed by atoms with Gasteiger partial charge in [0, 0.05) is 19.3 Å². The molecule has 0 fully saturated rings. The Labute approximate surface area is 500 Å². The lowest BCUT2D eigenvalue weighted by Gasteiger charge is -2.18. The molecule has 0 aliphatic rings. The zero-order chi connectivity index (χ0) is 57.8.